The van der Waals surface area contributed by atoms with Crippen LogP contribution in [0.15, 0.2) is 22.7 Å². The summed E-state index contributed by atoms with van der Waals surface area (Å²) in [6.07, 6.45) is 7.87. The third kappa shape index (κ3) is 4.47. The number of hydrogen-bond donors (Lipinski definition) is 1. The lowest BCUT2D eigenvalue weighted by Gasteiger charge is -2.24. The number of nitrogens with one attached hydrogen (secondary N) is 1. The molecule has 0 aromatic heterocycles. The van der Waals surface area contributed by atoms with E-state index in [2.05, 4.69) is 40.3 Å². The summed E-state index contributed by atoms with van der Waals surface area (Å²) in [6, 6.07) is 6.88. The standard InChI is InChI=1S/C16H23BrClN/c1-2-19-16(13-5-3-4-6-13)10-8-12-7-9-14(17)11-15(12)18/h7,9,11,13,16,19H,2-6,8,10H2,1H3. The Balaban J connectivity index is 1.93. The molecule has 19 heavy (non-hydrogen) atoms. The second-order valence-electron chi connectivity index (χ2n) is 5.48. The van der Waals surface area contributed by atoms with E-state index in [1.165, 1.54) is 37.7 Å². The van der Waals surface area contributed by atoms with Gasteiger partial charge >= 0.3 is 0 Å². The topological polar surface area (TPSA) is 12.0 Å². The van der Waals surface area contributed by atoms with Gasteiger partial charge in [0.1, 0.15) is 0 Å². The second kappa shape index (κ2) is 7.66. The van der Waals surface area contributed by atoms with Crippen LogP contribution in [-0.2, 0) is 6.42 Å². The SMILES string of the molecule is CCNC(CCc1ccc(Br)cc1Cl)C1CCCC1. The molecule has 1 N–H and O–H groups in total. The molecule has 1 atom stereocenters. The average molecular weight is 345 g/mol. The van der Waals surface area contributed by atoms with Gasteiger partial charge in [-0.2, -0.15) is 0 Å². The first kappa shape index (κ1) is 15.3. The fourth-order valence-electron chi connectivity index (χ4n) is 3.16. The van der Waals surface area contributed by atoms with Crippen LogP contribution < -0.4 is 5.32 Å². The maximum absolute atomic E-state index is 6.30. The second-order valence-corrected chi connectivity index (χ2v) is 6.81. The maximum Gasteiger partial charge on any atom is 0.0449 e. The van der Waals surface area contributed by atoms with Crippen molar-refractivity contribution in [2.75, 3.05) is 6.54 Å². The first-order valence-corrected chi connectivity index (χ1v) is 8.55. The van der Waals surface area contributed by atoms with Gasteiger partial charge in [0.15, 0.2) is 0 Å². The molecule has 106 valence electrons. The highest BCUT2D eigenvalue weighted by molar-refractivity contribution is 9.10. The van der Waals surface area contributed by atoms with E-state index < -0.39 is 0 Å². The number of hydrogen-bond acceptors (Lipinski definition) is 1. The van der Waals surface area contributed by atoms with Crippen molar-refractivity contribution in [3.63, 3.8) is 0 Å². The minimum atomic E-state index is 0.659. The minimum absolute atomic E-state index is 0.659. The van der Waals surface area contributed by atoms with Crippen molar-refractivity contribution in [2.45, 2.75) is 51.5 Å². The number of rotatable bonds is 6. The number of halogens is 2. The van der Waals surface area contributed by atoms with E-state index in [0.717, 1.165) is 28.4 Å². The Morgan fingerprint density at radius 3 is 2.74 bits per heavy atom. The lowest BCUT2D eigenvalue weighted by Crippen LogP contribution is -2.35. The van der Waals surface area contributed by atoms with E-state index in [4.69, 9.17) is 11.6 Å². The Hall–Kier alpha value is -0.0500. The van der Waals surface area contributed by atoms with Crippen molar-refractivity contribution in [3.05, 3.63) is 33.3 Å². The average Bonchev–Trinajstić information content (AvgIpc) is 2.90. The Morgan fingerprint density at radius 2 is 2.11 bits per heavy atom. The molecule has 0 amide bonds. The van der Waals surface area contributed by atoms with E-state index >= 15 is 0 Å². The number of aryl methyl sites for hydroxylation is 1. The van der Waals surface area contributed by atoms with Crippen LogP contribution in [0.1, 0.15) is 44.6 Å². The molecule has 1 aromatic carbocycles. The van der Waals surface area contributed by atoms with Crippen LogP contribution in [0.2, 0.25) is 5.02 Å². The molecule has 1 unspecified atom stereocenters. The Labute approximate surface area is 130 Å². The molecule has 0 spiro atoms. The van der Waals surface area contributed by atoms with Crippen molar-refractivity contribution in [1.29, 1.82) is 0 Å². The fraction of sp³-hybridized carbons (Fsp3) is 0.625. The van der Waals surface area contributed by atoms with Gasteiger partial charge in [0.25, 0.3) is 0 Å². The lowest BCUT2D eigenvalue weighted by atomic mass is 9.92. The van der Waals surface area contributed by atoms with Crippen LogP contribution in [0.5, 0.6) is 0 Å². The van der Waals surface area contributed by atoms with Crippen LogP contribution in [-0.4, -0.2) is 12.6 Å². The highest BCUT2D eigenvalue weighted by Gasteiger charge is 2.24. The molecule has 0 aliphatic heterocycles. The molecule has 1 aliphatic rings. The van der Waals surface area contributed by atoms with Gasteiger partial charge in [-0.25, -0.2) is 0 Å². The van der Waals surface area contributed by atoms with E-state index in [1.54, 1.807) is 0 Å². The molecule has 0 bridgehead atoms. The van der Waals surface area contributed by atoms with Crippen LogP contribution >= 0.6 is 27.5 Å². The molecule has 1 nitrogen and oxygen atoms in total. The van der Waals surface area contributed by atoms with Gasteiger partial charge in [-0.05, 0) is 55.8 Å². The quantitative estimate of drug-likeness (QED) is 0.747. The van der Waals surface area contributed by atoms with E-state index in [1.807, 2.05) is 6.07 Å². The summed E-state index contributed by atoms with van der Waals surface area (Å²) >= 11 is 9.76. The first-order chi connectivity index (χ1) is 9.20. The van der Waals surface area contributed by atoms with Crippen LogP contribution in [0.4, 0.5) is 0 Å². The molecule has 1 fully saturated rings. The van der Waals surface area contributed by atoms with E-state index in [9.17, 15) is 0 Å². The molecule has 1 aromatic rings. The van der Waals surface area contributed by atoms with Crippen molar-refractivity contribution >= 4 is 27.5 Å². The van der Waals surface area contributed by atoms with Crippen molar-refractivity contribution in [1.82, 2.24) is 5.32 Å². The molecular formula is C16H23BrClN. The Bertz CT molecular complexity index is 402. The van der Waals surface area contributed by atoms with Crippen LogP contribution in [0.25, 0.3) is 0 Å². The van der Waals surface area contributed by atoms with Crippen molar-refractivity contribution < 1.29 is 0 Å². The summed E-state index contributed by atoms with van der Waals surface area (Å²) in [5.74, 6) is 0.870. The smallest absolute Gasteiger partial charge is 0.0449 e. The fourth-order valence-corrected chi connectivity index (χ4v) is 3.93. The summed E-state index contributed by atoms with van der Waals surface area (Å²) in [7, 11) is 0. The molecule has 0 radical (unpaired) electrons. The lowest BCUT2D eigenvalue weighted by molar-refractivity contribution is 0.346. The van der Waals surface area contributed by atoms with Crippen LogP contribution in [0.3, 0.4) is 0 Å². The van der Waals surface area contributed by atoms with E-state index in [0.29, 0.717) is 6.04 Å². The maximum atomic E-state index is 6.30. The van der Waals surface area contributed by atoms with Crippen LogP contribution in [0, 0.1) is 5.92 Å². The van der Waals surface area contributed by atoms with Gasteiger partial charge in [0.2, 0.25) is 0 Å². The molecular weight excluding hydrogens is 322 g/mol. The van der Waals surface area contributed by atoms with Gasteiger partial charge in [0, 0.05) is 15.5 Å². The zero-order chi connectivity index (χ0) is 13.7. The zero-order valence-electron chi connectivity index (χ0n) is 11.6. The Kier molecular flexibility index (Phi) is 6.18. The molecule has 1 aliphatic carbocycles. The third-order valence-corrected chi connectivity index (χ3v) is 5.02. The molecule has 3 heteroatoms. The largest absolute Gasteiger partial charge is 0.314 e. The van der Waals surface area contributed by atoms with Crippen molar-refractivity contribution in [2.24, 2.45) is 5.92 Å². The Morgan fingerprint density at radius 1 is 1.37 bits per heavy atom. The summed E-state index contributed by atoms with van der Waals surface area (Å²) in [6.45, 7) is 3.27. The van der Waals surface area contributed by atoms with Gasteiger partial charge in [-0.1, -0.05) is 53.4 Å². The zero-order valence-corrected chi connectivity index (χ0v) is 13.9. The van der Waals surface area contributed by atoms with Gasteiger partial charge in [-0.15, -0.1) is 0 Å². The molecule has 0 saturated heterocycles. The predicted octanol–water partition coefficient (Wildman–Crippen LogP) is 5.20. The van der Waals surface area contributed by atoms with Crippen molar-refractivity contribution in [3.8, 4) is 0 Å². The number of benzene rings is 1. The third-order valence-electron chi connectivity index (χ3n) is 4.17. The molecule has 1 saturated carbocycles. The predicted molar refractivity (Wildman–Crippen MR) is 86.9 cm³/mol. The summed E-state index contributed by atoms with van der Waals surface area (Å²) in [5, 5.41) is 4.56. The molecule has 0 heterocycles. The van der Waals surface area contributed by atoms with Gasteiger partial charge in [0.05, 0.1) is 0 Å². The summed E-state index contributed by atoms with van der Waals surface area (Å²) < 4.78 is 1.06. The minimum Gasteiger partial charge on any atom is -0.314 e. The monoisotopic (exact) mass is 343 g/mol. The molecule has 2 rings (SSSR count). The summed E-state index contributed by atoms with van der Waals surface area (Å²) in [4.78, 5) is 0. The summed E-state index contributed by atoms with van der Waals surface area (Å²) in [5.41, 5.74) is 1.27. The normalized spacial score (nSPS) is 17.8. The van der Waals surface area contributed by atoms with Gasteiger partial charge < -0.3 is 5.32 Å². The highest BCUT2D eigenvalue weighted by atomic mass is 79.9. The first-order valence-electron chi connectivity index (χ1n) is 7.38. The highest BCUT2D eigenvalue weighted by Crippen LogP contribution is 2.30. The van der Waals surface area contributed by atoms with Gasteiger partial charge in [-0.3, -0.25) is 0 Å². The van der Waals surface area contributed by atoms with E-state index in [-0.39, 0.29) is 0 Å².